The number of rotatable bonds is 8. The molecule has 1 aromatic rings. The van der Waals surface area contributed by atoms with Crippen molar-refractivity contribution in [3.63, 3.8) is 0 Å². The molecular weight excluding hydrogens is 376 g/mol. The van der Waals surface area contributed by atoms with Crippen LogP contribution in [0.5, 0.6) is 0 Å². The maximum absolute atomic E-state index is 12.0. The summed E-state index contributed by atoms with van der Waals surface area (Å²) in [5, 5.41) is 12.2. The van der Waals surface area contributed by atoms with Gasteiger partial charge in [-0.25, -0.2) is 4.79 Å². The van der Waals surface area contributed by atoms with Gasteiger partial charge in [-0.15, -0.1) is 0 Å². The van der Waals surface area contributed by atoms with Crippen molar-refractivity contribution in [2.45, 2.75) is 50.6 Å². The van der Waals surface area contributed by atoms with E-state index in [0.29, 0.717) is 5.56 Å². The topological polar surface area (TPSA) is 202 Å². The maximum atomic E-state index is 12.0. The van der Waals surface area contributed by atoms with Crippen molar-refractivity contribution >= 4 is 11.9 Å². The molecule has 0 bridgehead atoms. The first-order valence-corrected chi connectivity index (χ1v) is 8.38. The summed E-state index contributed by atoms with van der Waals surface area (Å²) in [5.41, 5.74) is 13.4. The Morgan fingerprint density at radius 1 is 1.57 bits per heavy atom. The normalized spacial score (nSPS) is 22.3. The number of aliphatic carboxylic acids is 1. The van der Waals surface area contributed by atoms with E-state index in [4.69, 9.17) is 25.8 Å². The molecule has 1 aromatic heterocycles. The van der Waals surface area contributed by atoms with Gasteiger partial charge in [-0.2, -0.15) is 0 Å². The summed E-state index contributed by atoms with van der Waals surface area (Å²) in [5.74, 6) is -1.90. The summed E-state index contributed by atoms with van der Waals surface area (Å²) < 4.78 is 11.9. The number of ether oxygens (including phenoxy) is 2. The van der Waals surface area contributed by atoms with Crippen LogP contribution in [0, 0.1) is 6.92 Å². The van der Waals surface area contributed by atoms with Gasteiger partial charge in [-0.1, -0.05) is 5.11 Å². The Labute approximate surface area is 157 Å². The molecule has 13 heteroatoms. The zero-order valence-electron chi connectivity index (χ0n) is 15.0. The van der Waals surface area contributed by atoms with E-state index in [1.807, 2.05) is 0 Å². The Morgan fingerprint density at radius 3 is 2.93 bits per heavy atom. The second-order valence-corrected chi connectivity index (χ2v) is 6.28. The number of nitrogens with two attached hydrogens (primary N) is 1. The fourth-order valence-electron chi connectivity index (χ4n) is 2.69. The molecule has 4 atom stereocenters. The Morgan fingerprint density at radius 2 is 2.29 bits per heavy atom. The van der Waals surface area contributed by atoms with E-state index in [9.17, 15) is 19.2 Å². The molecule has 1 fully saturated rings. The van der Waals surface area contributed by atoms with E-state index in [1.165, 1.54) is 13.1 Å². The predicted molar refractivity (Wildman–Crippen MR) is 93.3 cm³/mol. The highest BCUT2D eigenvalue weighted by molar-refractivity contribution is 5.76. The number of azide groups is 1. The number of carbonyl (C=O) groups excluding carboxylic acids is 1. The summed E-state index contributed by atoms with van der Waals surface area (Å²) >= 11 is 0. The molecule has 0 amide bonds. The number of aromatic nitrogens is 2. The molecule has 4 N–H and O–H groups in total. The zero-order valence-corrected chi connectivity index (χ0v) is 15.0. The van der Waals surface area contributed by atoms with Crippen molar-refractivity contribution in [1.82, 2.24) is 9.55 Å². The van der Waals surface area contributed by atoms with E-state index in [1.54, 1.807) is 0 Å². The first kappa shape index (κ1) is 21.2. The molecule has 0 saturated carbocycles. The van der Waals surface area contributed by atoms with Crippen LogP contribution in [0.3, 0.4) is 0 Å². The molecule has 28 heavy (non-hydrogen) atoms. The van der Waals surface area contributed by atoms with Gasteiger partial charge < -0.3 is 20.3 Å². The van der Waals surface area contributed by atoms with Gasteiger partial charge in [0.25, 0.3) is 5.56 Å². The highest BCUT2D eigenvalue weighted by Crippen LogP contribution is 2.30. The van der Waals surface area contributed by atoms with Crippen LogP contribution < -0.4 is 17.0 Å². The Balaban J connectivity index is 2.06. The lowest BCUT2D eigenvalue weighted by Crippen LogP contribution is -2.36. The quantitative estimate of drug-likeness (QED) is 0.226. The zero-order chi connectivity index (χ0) is 20.8. The average Bonchev–Trinajstić information content (AvgIpc) is 3.03. The number of nitrogens with one attached hydrogen (secondary N) is 1. The summed E-state index contributed by atoms with van der Waals surface area (Å²) in [6.45, 7) is 1.23. The third-order valence-corrected chi connectivity index (χ3v) is 4.22. The third-order valence-electron chi connectivity index (χ3n) is 4.22. The van der Waals surface area contributed by atoms with E-state index >= 15 is 0 Å². The Hall–Kier alpha value is -3.15. The van der Waals surface area contributed by atoms with Crippen LogP contribution in [0.1, 0.15) is 31.1 Å². The van der Waals surface area contributed by atoms with Gasteiger partial charge in [0.15, 0.2) is 0 Å². The Bertz CT molecular complexity index is 903. The molecule has 0 spiro atoms. The van der Waals surface area contributed by atoms with E-state index < -0.39 is 47.6 Å². The van der Waals surface area contributed by atoms with Gasteiger partial charge in [-0.3, -0.25) is 23.9 Å². The van der Waals surface area contributed by atoms with Crippen molar-refractivity contribution in [1.29, 1.82) is 0 Å². The number of carbonyl (C=O) groups is 2. The fourth-order valence-corrected chi connectivity index (χ4v) is 2.69. The molecule has 0 unspecified atom stereocenters. The molecule has 2 rings (SSSR count). The lowest BCUT2D eigenvalue weighted by Gasteiger charge is -2.18. The van der Waals surface area contributed by atoms with Gasteiger partial charge in [-0.05, 0) is 18.9 Å². The molecule has 0 aromatic carbocycles. The number of H-pyrrole nitrogens is 1. The number of carboxylic acid groups (broad SMARTS) is 1. The van der Waals surface area contributed by atoms with E-state index in [-0.39, 0.29) is 25.9 Å². The van der Waals surface area contributed by atoms with Crippen molar-refractivity contribution in [2.75, 3.05) is 6.61 Å². The van der Waals surface area contributed by atoms with Crippen LogP contribution in [0.4, 0.5) is 0 Å². The monoisotopic (exact) mass is 396 g/mol. The lowest BCUT2D eigenvalue weighted by molar-refractivity contribution is -0.150. The number of esters is 1. The highest BCUT2D eigenvalue weighted by atomic mass is 16.6. The average molecular weight is 396 g/mol. The van der Waals surface area contributed by atoms with E-state index in [0.717, 1.165) is 4.57 Å². The van der Waals surface area contributed by atoms with Crippen LogP contribution in [-0.2, 0) is 19.1 Å². The number of hydrogen-bond acceptors (Lipinski definition) is 8. The first-order valence-electron chi connectivity index (χ1n) is 8.38. The van der Waals surface area contributed by atoms with Crippen LogP contribution in [0.15, 0.2) is 20.9 Å². The largest absolute Gasteiger partial charge is 0.481 e. The van der Waals surface area contributed by atoms with Crippen molar-refractivity contribution < 1.29 is 24.2 Å². The van der Waals surface area contributed by atoms with Gasteiger partial charge in [0.2, 0.25) is 0 Å². The summed E-state index contributed by atoms with van der Waals surface area (Å²) in [6, 6.07) is -1.84. The molecule has 2 heterocycles. The fraction of sp³-hybridized carbons (Fsp3) is 0.600. The van der Waals surface area contributed by atoms with Crippen LogP contribution in [0.2, 0.25) is 0 Å². The lowest BCUT2D eigenvalue weighted by atomic mass is 10.1. The summed E-state index contributed by atoms with van der Waals surface area (Å²) in [6.07, 6.45) is -0.584. The number of aryl methyl sites for hydroxylation is 1. The number of carboxylic acids is 1. The molecule has 1 aliphatic rings. The smallest absolute Gasteiger partial charge is 0.330 e. The minimum atomic E-state index is -1.12. The first-order chi connectivity index (χ1) is 13.2. The molecule has 152 valence electrons. The number of aromatic amines is 1. The van der Waals surface area contributed by atoms with Crippen LogP contribution in [-0.4, -0.2) is 51.4 Å². The van der Waals surface area contributed by atoms with Crippen LogP contribution in [0.25, 0.3) is 10.4 Å². The summed E-state index contributed by atoms with van der Waals surface area (Å²) in [7, 11) is 0. The van der Waals surface area contributed by atoms with Crippen LogP contribution >= 0.6 is 0 Å². The second-order valence-electron chi connectivity index (χ2n) is 6.28. The molecule has 0 aliphatic carbocycles. The maximum Gasteiger partial charge on any atom is 0.330 e. The molecular formula is C15H20N6O7. The van der Waals surface area contributed by atoms with Crippen molar-refractivity contribution in [3.8, 4) is 0 Å². The van der Waals surface area contributed by atoms with Gasteiger partial charge in [0, 0.05) is 29.5 Å². The minimum absolute atomic E-state index is 0.0891. The van der Waals surface area contributed by atoms with Gasteiger partial charge in [0.1, 0.15) is 25.0 Å². The second kappa shape index (κ2) is 9.17. The van der Waals surface area contributed by atoms with Gasteiger partial charge >= 0.3 is 17.6 Å². The van der Waals surface area contributed by atoms with Crippen molar-refractivity contribution in [2.24, 2.45) is 10.8 Å². The third kappa shape index (κ3) is 5.19. The molecule has 0 radical (unpaired) electrons. The molecule has 1 aliphatic heterocycles. The summed E-state index contributed by atoms with van der Waals surface area (Å²) in [4.78, 5) is 50.8. The SMILES string of the molecule is Cc1cn([C@H]2C[C@H](N=[N+]=[N-])[C@@H](COC(=O)[C@@H](N)CCC(=O)O)O2)c(=O)[nH]c1=O. The highest BCUT2D eigenvalue weighted by Gasteiger charge is 2.37. The number of nitrogens with zero attached hydrogens (tertiary/aromatic N) is 4. The minimum Gasteiger partial charge on any atom is -0.481 e. The van der Waals surface area contributed by atoms with E-state index in [2.05, 4.69) is 15.0 Å². The standard InChI is InChI=1S/C15H20N6O7/c1-7-5-21(15(26)18-13(7)24)11-4-9(19-20-17)10(28-11)6-27-14(25)8(16)2-3-12(22)23/h5,8-11H,2-4,6,16H2,1H3,(H,22,23)(H,18,24,26)/t8-,9-,10+,11+/m0/s1. The van der Waals surface area contributed by atoms with Crippen molar-refractivity contribution in [3.05, 3.63) is 43.0 Å². The number of hydrogen-bond donors (Lipinski definition) is 3. The Kier molecular flexibility index (Phi) is 6.93. The molecule has 13 nitrogen and oxygen atoms in total. The predicted octanol–water partition coefficient (Wildman–Crippen LogP) is -0.453. The van der Waals surface area contributed by atoms with Gasteiger partial charge in [0.05, 0.1) is 6.04 Å². The molecule has 1 saturated heterocycles.